The van der Waals surface area contributed by atoms with Gasteiger partial charge in [0.2, 0.25) is 0 Å². The molecule has 1 aliphatic carbocycles. The summed E-state index contributed by atoms with van der Waals surface area (Å²) in [5.41, 5.74) is 2.01. The summed E-state index contributed by atoms with van der Waals surface area (Å²) in [6.07, 6.45) is -2.82. The number of para-hydroxylation sites is 1. The SMILES string of the molecule is O=C=C1Cc2cccc(C(=O)NC3(c4ccc(C(=O)O)cc4)CC3)c2N1Cc1ccc(C(F)(F)F)cc1. The maximum absolute atomic E-state index is 13.5. The van der Waals surface area contributed by atoms with Crippen LogP contribution in [-0.4, -0.2) is 22.9 Å². The van der Waals surface area contributed by atoms with Crippen LogP contribution in [0.15, 0.2) is 72.4 Å². The lowest BCUT2D eigenvalue weighted by atomic mass is 10.0. The van der Waals surface area contributed by atoms with Crippen LogP contribution < -0.4 is 10.2 Å². The lowest BCUT2D eigenvalue weighted by Gasteiger charge is -2.24. The van der Waals surface area contributed by atoms with E-state index in [4.69, 9.17) is 5.11 Å². The molecule has 0 unspecified atom stereocenters. The summed E-state index contributed by atoms with van der Waals surface area (Å²) in [7, 11) is 0. The molecule has 3 aromatic rings. The molecular weight excluding hydrogens is 485 g/mol. The number of fused-ring (bicyclic) bond motifs is 1. The Kier molecular flexibility index (Phi) is 5.88. The summed E-state index contributed by atoms with van der Waals surface area (Å²) >= 11 is 0. The summed E-state index contributed by atoms with van der Waals surface area (Å²) in [6.45, 7) is 0.0990. The maximum atomic E-state index is 13.5. The topological polar surface area (TPSA) is 86.7 Å². The number of hydrogen-bond donors (Lipinski definition) is 2. The van der Waals surface area contributed by atoms with Crippen LogP contribution in [0.5, 0.6) is 0 Å². The molecule has 1 amide bonds. The molecule has 1 aliphatic heterocycles. The van der Waals surface area contributed by atoms with E-state index < -0.39 is 23.2 Å². The number of anilines is 1. The lowest BCUT2D eigenvalue weighted by Crippen LogP contribution is -2.35. The zero-order valence-corrected chi connectivity index (χ0v) is 19.4. The molecule has 0 bridgehead atoms. The Morgan fingerprint density at radius 1 is 1.00 bits per heavy atom. The Bertz CT molecular complexity index is 1440. The number of carboxylic acid groups (broad SMARTS) is 1. The lowest BCUT2D eigenvalue weighted by molar-refractivity contribution is -0.137. The van der Waals surface area contributed by atoms with Crippen molar-refractivity contribution in [2.75, 3.05) is 4.90 Å². The summed E-state index contributed by atoms with van der Waals surface area (Å²) in [5.74, 6) is 0.522. The van der Waals surface area contributed by atoms with Gasteiger partial charge in [-0.2, -0.15) is 13.2 Å². The average molecular weight is 506 g/mol. The van der Waals surface area contributed by atoms with Crippen LogP contribution in [0.1, 0.15) is 55.8 Å². The molecule has 9 heteroatoms. The van der Waals surface area contributed by atoms with Gasteiger partial charge in [-0.1, -0.05) is 36.4 Å². The minimum Gasteiger partial charge on any atom is -0.478 e. The average Bonchev–Trinajstić information content (AvgIpc) is 3.57. The van der Waals surface area contributed by atoms with Gasteiger partial charge in [-0.25, -0.2) is 9.59 Å². The van der Waals surface area contributed by atoms with Crippen LogP contribution in [0, 0.1) is 0 Å². The first-order valence-corrected chi connectivity index (χ1v) is 11.6. The molecule has 2 N–H and O–H groups in total. The maximum Gasteiger partial charge on any atom is 0.416 e. The van der Waals surface area contributed by atoms with Gasteiger partial charge < -0.3 is 15.3 Å². The first-order valence-electron chi connectivity index (χ1n) is 11.6. The Balaban J connectivity index is 1.43. The van der Waals surface area contributed by atoms with Gasteiger partial charge in [0.15, 0.2) is 0 Å². The molecule has 0 radical (unpaired) electrons. The number of allylic oxidation sites excluding steroid dienone is 1. The van der Waals surface area contributed by atoms with E-state index in [1.54, 1.807) is 35.2 Å². The van der Waals surface area contributed by atoms with Crippen LogP contribution in [0.2, 0.25) is 0 Å². The van der Waals surface area contributed by atoms with E-state index >= 15 is 0 Å². The van der Waals surface area contributed by atoms with Gasteiger partial charge in [-0.05, 0) is 59.9 Å². The molecule has 0 spiro atoms. The van der Waals surface area contributed by atoms with Gasteiger partial charge in [0.05, 0.1) is 27.9 Å². The third kappa shape index (κ3) is 4.61. The van der Waals surface area contributed by atoms with Gasteiger partial charge in [0.1, 0.15) is 11.6 Å². The highest BCUT2D eigenvalue weighted by molar-refractivity contribution is 6.02. The minimum absolute atomic E-state index is 0.0990. The normalized spacial score (nSPS) is 15.6. The van der Waals surface area contributed by atoms with E-state index in [1.807, 2.05) is 5.94 Å². The molecule has 1 saturated carbocycles. The number of nitrogens with one attached hydrogen (secondary N) is 1. The second kappa shape index (κ2) is 8.94. The van der Waals surface area contributed by atoms with Crippen molar-refractivity contribution in [3.05, 3.63) is 106 Å². The number of carbonyl (C=O) groups excluding carboxylic acids is 2. The Morgan fingerprint density at radius 3 is 2.24 bits per heavy atom. The second-order valence-electron chi connectivity index (χ2n) is 9.24. The molecule has 1 fully saturated rings. The third-order valence-electron chi connectivity index (χ3n) is 6.84. The number of carbonyl (C=O) groups is 2. The highest BCUT2D eigenvalue weighted by Gasteiger charge is 2.46. The largest absolute Gasteiger partial charge is 0.478 e. The number of nitrogens with zero attached hydrogens (tertiary/aromatic N) is 1. The zero-order valence-electron chi connectivity index (χ0n) is 19.4. The fraction of sp³-hybridized carbons (Fsp3) is 0.214. The zero-order chi connectivity index (χ0) is 26.4. The molecule has 188 valence electrons. The van der Waals surface area contributed by atoms with Gasteiger partial charge in [-0.15, -0.1) is 0 Å². The van der Waals surface area contributed by atoms with Crippen molar-refractivity contribution in [3.63, 3.8) is 0 Å². The Hall–Kier alpha value is -4.36. The smallest absolute Gasteiger partial charge is 0.416 e. The van der Waals surface area contributed by atoms with Gasteiger partial charge in [0.25, 0.3) is 5.91 Å². The number of amides is 1. The number of benzene rings is 3. The van der Waals surface area contributed by atoms with Gasteiger partial charge in [0, 0.05) is 13.0 Å². The molecule has 0 atom stereocenters. The molecular formula is C28H21F3N2O4. The van der Waals surface area contributed by atoms with Crippen molar-refractivity contribution in [1.82, 2.24) is 5.32 Å². The third-order valence-corrected chi connectivity index (χ3v) is 6.84. The van der Waals surface area contributed by atoms with Gasteiger partial charge in [-0.3, -0.25) is 4.79 Å². The Morgan fingerprint density at radius 2 is 1.68 bits per heavy atom. The number of carboxylic acids is 1. The first-order chi connectivity index (χ1) is 17.6. The van der Waals surface area contributed by atoms with Crippen LogP contribution in [0.4, 0.5) is 18.9 Å². The second-order valence-corrected chi connectivity index (χ2v) is 9.24. The quantitative estimate of drug-likeness (QED) is 0.455. The van der Waals surface area contributed by atoms with E-state index in [0.717, 1.165) is 23.3 Å². The van der Waals surface area contributed by atoms with E-state index in [1.165, 1.54) is 24.3 Å². The standard InChI is InChI=1S/C28H21F3N2O4/c29-28(30,31)21-8-4-17(5-9-21)15-33-22(16-34)14-19-2-1-3-23(24(19)33)25(35)32-27(12-13-27)20-10-6-18(7-11-20)26(36)37/h1-11H,12-15H2,(H,32,35)(H,36,37). The van der Waals surface area contributed by atoms with Crippen LogP contribution in [0.3, 0.4) is 0 Å². The van der Waals surface area contributed by atoms with E-state index in [2.05, 4.69) is 5.32 Å². The fourth-order valence-corrected chi connectivity index (χ4v) is 4.72. The molecule has 0 saturated heterocycles. The molecule has 0 aromatic heterocycles. The summed E-state index contributed by atoms with van der Waals surface area (Å²) < 4.78 is 38.9. The fourth-order valence-electron chi connectivity index (χ4n) is 4.72. The van der Waals surface area contributed by atoms with Crippen molar-refractivity contribution in [1.29, 1.82) is 0 Å². The van der Waals surface area contributed by atoms with Crippen molar-refractivity contribution >= 4 is 23.5 Å². The van der Waals surface area contributed by atoms with Crippen LogP contribution in [-0.2, 0) is 29.5 Å². The minimum atomic E-state index is -4.45. The molecule has 6 nitrogen and oxygen atoms in total. The number of halogens is 3. The van der Waals surface area contributed by atoms with Crippen LogP contribution >= 0.6 is 0 Å². The number of hydrogen-bond acceptors (Lipinski definition) is 4. The first kappa shape index (κ1) is 24.3. The van der Waals surface area contributed by atoms with Crippen molar-refractivity contribution in [3.8, 4) is 0 Å². The molecule has 5 rings (SSSR count). The monoisotopic (exact) mass is 506 g/mol. The number of alkyl halides is 3. The predicted molar refractivity (Wildman–Crippen MR) is 129 cm³/mol. The Labute approximate surface area is 210 Å². The van der Waals surface area contributed by atoms with Crippen molar-refractivity contribution < 1.29 is 32.7 Å². The summed E-state index contributed by atoms with van der Waals surface area (Å²) in [4.78, 5) is 38.0. The van der Waals surface area contributed by atoms with Crippen molar-refractivity contribution in [2.24, 2.45) is 0 Å². The summed E-state index contributed by atoms with van der Waals surface area (Å²) in [5, 5.41) is 12.2. The number of rotatable bonds is 6. The van der Waals surface area contributed by atoms with E-state index in [-0.39, 0.29) is 24.4 Å². The summed E-state index contributed by atoms with van der Waals surface area (Å²) in [6, 6.07) is 16.2. The highest BCUT2D eigenvalue weighted by atomic mass is 19.4. The van der Waals surface area contributed by atoms with Crippen molar-refractivity contribution in [2.45, 2.75) is 37.5 Å². The van der Waals surface area contributed by atoms with E-state index in [9.17, 15) is 27.6 Å². The number of aromatic carboxylic acids is 1. The molecule has 3 aromatic carbocycles. The highest BCUT2D eigenvalue weighted by Crippen LogP contribution is 2.46. The molecule has 37 heavy (non-hydrogen) atoms. The predicted octanol–water partition coefficient (Wildman–Crippen LogP) is 5.10. The van der Waals surface area contributed by atoms with Gasteiger partial charge >= 0.3 is 12.1 Å². The molecule has 2 aliphatic rings. The molecule has 1 heterocycles. The van der Waals surface area contributed by atoms with Crippen LogP contribution in [0.25, 0.3) is 0 Å². The van der Waals surface area contributed by atoms with E-state index in [0.29, 0.717) is 35.4 Å².